The maximum atomic E-state index is 6.20. The Morgan fingerprint density at radius 2 is 1.84 bits per heavy atom. The highest BCUT2D eigenvalue weighted by Gasteiger charge is 2.31. The lowest BCUT2D eigenvalue weighted by Gasteiger charge is -2.38. The lowest BCUT2D eigenvalue weighted by molar-refractivity contribution is -0.0627. The first-order chi connectivity index (χ1) is 8.95. The predicted octanol–water partition coefficient (Wildman–Crippen LogP) is 4.85. The molecule has 0 spiro atoms. The molecule has 1 fully saturated rings. The summed E-state index contributed by atoms with van der Waals surface area (Å²) in [4.78, 5) is 0. The van der Waals surface area contributed by atoms with Crippen LogP contribution >= 0.6 is 0 Å². The molecule has 0 unspecified atom stereocenters. The summed E-state index contributed by atoms with van der Waals surface area (Å²) >= 11 is 0. The molecule has 0 aromatic heterocycles. The third-order valence-corrected chi connectivity index (χ3v) is 3.57. The smallest absolute Gasteiger partial charge is 0.0800 e. The van der Waals surface area contributed by atoms with Crippen molar-refractivity contribution >= 4 is 6.08 Å². The highest BCUT2D eigenvalue weighted by molar-refractivity contribution is 5.49. The fourth-order valence-corrected chi connectivity index (χ4v) is 2.34. The van der Waals surface area contributed by atoms with Gasteiger partial charge in [0, 0.05) is 0 Å². The Kier molecular flexibility index (Phi) is 4.26. The van der Waals surface area contributed by atoms with Crippen LogP contribution < -0.4 is 0 Å². The minimum atomic E-state index is 0.158. The summed E-state index contributed by atoms with van der Waals surface area (Å²) in [5, 5.41) is 0. The van der Waals surface area contributed by atoms with Gasteiger partial charge in [-0.05, 0) is 23.8 Å². The largest absolute Gasteiger partial charge is 0.370 e. The van der Waals surface area contributed by atoms with E-state index in [0.29, 0.717) is 0 Å². The molecule has 2 rings (SSSR count). The van der Waals surface area contributed by atoms with Crippen LogP contribution in [-0.4, -0.2) is 12.2 Å². The predicted molar refractivity (Wildman–Crippen MR) is 82.0 cm³/mol. The van der Waals surface area contributed by atoms with Crippen molar-refractivity contribution in [2.24, 2.45) is 5.41 Å². The van der Waals surface area contributed by atoms with Crippen LogP contribution in [0.25, 0.3) is 6.08 Å². The lowest BCUT2D eigenvalue weighted by Crippen LogP contribution is -2.36. The van der Waals surface area contributed by atoms with Gasteiger partial charge in [-0.2, -0.15) is 0 Å². The summed E-state index contributed by atoms with van der Waals surface area (Å²) in [6.45, 7) is 10.9. The van der Waals surface area contributed by atoms with Crippen molar-refractivity contribution in [2.45, 2.75) is 45.8 Å². The SMILES string of the molecule is C=C1C[C@@H](/C=C/c2ccccc2)O[C@@H](C(C)(C)C)C1. The van der Waals surface area contributed by atoms with Gasteiger partial charge in [-0.15, -0.1) is 0 Å². The molecule has 0 amide bonds. The number of rotatable bonds is 2. The fraction of sp³-hybridized carbons (Fsp3) is 0.444. The van der Waals surface area contributed by atoms with E-state index in [1.807, 2.05) is 6.07 Å². The van der Waals surface area contributed by atoms with Crippen LogP contribution in [0.5, 0.6) is 0 Å². The first kappa shape index (κ1) is 14.1. The summed E-state index contributed by atoms with van der Waals surface area (Å²) in [6, 6.07) is 10.4. The molecule has 102 valence electrons. The van der Waals surface area contributed by atoms with Crippen LogP contribution in [0.2, 0.25) is 0 Å². The summed E-state index contributed by atoms with van der Waals surface area (Å²) in [5.74, 6) is 0. The molecule has 19 heavy (non-hydrogen) atoms. The fourth-order valence-electron chi connectivity index (χ4n) is 2.34. The molecule has 2 atom stereocenters. The molecule has 1 saturated heterocycles. The van der Waals surface area contributed by atoms with Crippen molar-refractivity contribution in [3.63, 3.8) is 0 Å². The minimum Gasteiger partial charge on any atom is -0.370 e. The molecule has 0 bridgehead atoms. The number of hydrogen-bond donors (Lipinski definition) is 0. The molecular weight excluding hydrogens is 232 g/mol. The maximum Gasteiger partial charge on any atom is 0.0800 e. The second kappa shape index (κ2) is 5.75. The first-order valence-electron chi connectivity index (χ1n) is 7.00. The topological polar surface area (TPSA) is 9.23 Å². The van der Waals surface area contributed by atoms with Gasteiger partial charge in [0.15, 0.2) is 0 Å². The van der Waals surface area contributed by atoms with Crippen molar-refractivity contribution in [3.8, 4) is 0 Å². The van der Waals surface area contributed by atoms with Crippen LogP contribution in [-0.2, 0) is 4.74 Å². The van der Waals surface area contributed by atoms with Crippen LogP contribution in [0.4, 0.5) is 0 Å². The molecule has 1 aliphatic rings. The molecule has 1 aromatic rings. The molecule has 1 aliphatic heterocycles. The van der Waals surface area contributed by atoms with Crippen molar-refractivity contribution < 1.29 is 4.74 Å². The zero-order valence-electron chi connectivity index (χ0n) is 12.2. The van der Waals surface area contributed by atoms with Gasteiger partial charge in [-0.25, -0.2) is 0 Å². The summed E-state index contributed by atoms with van der Waals surface area (Å²) < 4.78 is 6.20. The number of hydrogen-bond acceptors (Lipinski definition) is 1. The molecule has 1 heteroatoms. The number of ether oxygens (including phenoxy) is 1. The molecule has 0 N–H and O–H groups in total. The molecule has 0 saturated carbocycles. The van der Waals surface area contributed by atoms with E-state index < -0.39 is 0 Å². The van der Waals surface area contributed by atoms with E-state index in [1.54, 1.807) is 0 Å². The van der Waals surface area contributed by atoms with Crippen LogP contribution in [0.3, 0.4) is 0 Å². The van der Waals surface area contributed by atoms with Crippen molar-refractivity contribution in [1.82, 2.24) is 0 Å². The zero-order chi connectivity index (χ0) is 13.9. The molecular formula is C18H24O. The van der Waals surface area contributed by atoms with E-state index in [4.69, 9.17) is 4.74 Å². The van der Waals surface area contributed by atoms with E-state index in [2.05, 4.69) is 63.8 Å². The standard InChI is InChI=1S/C18H24O/c1-14-12-16(19-17(13-14)18(2,3)4)11-10-15-8-6-5-7-9-15/h5-11,16-17H,1,12-13H2,2-4H3/b11-10+/t16-,17-/m1/s1. The minimum absolute atomic E-state index is 0.158. The van der Waals surface area contributed by atoms with Crippen molar-refractivity contribution in [1.29, 1.82) is 0 Å². The highest BCUT2D eigenvalue weighted by Crippen LogP contribution is 2.34. The summed E-state index contributed by atoms with van der Waals surface area (Å²) in [5.41, 5.74) is 2.69. The quantitative estimate of drug-likeness (QED) is 0.687. The van der Waals surface area contributed by atoms with Crippen molar-refractivity contribution in [2.75, 3.05) is 0 Å². The average Bonchev–Trinajstić information content (AvgIpc) is 2.36. The molecule has 0 radical (unpaired) electrons. The molecule has 0 aliphatic carbocycles. The Hall–Kier alpha value is -1.34. The van der Waals surface area contributed by atoms with Gasteiger partial charge in [-0.3, -0.25) is 0 Å². The van der Waals surface area contributed by atoms with Crippen LogP contribution in [0.1, 0.15) is 39.2 Å². The Bertz CT molecular complexity index is 450. The lowest BCUT2D eigenvalue weighted by atomic mass is 9.82. The van der Waals surface area contributed by atoms with E-state index in [1.165, 1.54) is 11.1 Å². The third-order valence-electron chi connectivity index (χ3n) is 3.57. The third kappa shape index (κ3) is 4.07. The zero-order valence-corrected chi connectivity index (χ0v) is 12.2. The van der Waals surface area contributed by atoms with Crippen LogP contribution in [0, 0.1) is 5.41 Å². The molecule has 1 heterocycles. The van der Waals surface area contributed by atoms with Crippen molar-refractivity contribution in [3.05, 3.63) is 54.1 Å². The van der Waals surface area contributed by atoms with E-state index in [0.717, 1.165) is 12.8 Å². The van der Waals surface area contributed by atoms with Gasteiger partial charge in [0.1, 0.15) is 0 Å². The second-order valence-electron chi connectivity index (χ2n) is 6.46. The normalized spacial score (nSPS) is 24.9. The molecule has 1 nitrogen and oxygen atoms in total. The van der Waals surface area contributed by atoms with Gasteiger partial charge >= 0.3 is 0 Å². The Labute approximate surface area is 117 Å². The first-order valence-corrected chi connectivity index (χ1v) is 7.00. The van der Waals surface area contributed by atoms with Gasteiger partial charge in [0.05, 0.1) is 12.2 Å². The summed E-state index contributed by atoms with van der Waals surface area (Å²) in [6.07, 6.45) is 6.65. The van der Waals surface area contributed by atoms with Gasteiger partial charge in [0.25, 0.3) is 0 Å². The summed E-state index contributed by atoms with van der Waals surface area (Å²) in [7, 11) is 0. The van der Waals surface area contributed by atoms with Gasteiger partial charge < -0.3 is 4.74 Å². The Balaban J connectivity index is 2.04. The van der Waals surface area contributed by atoms with E-state index in [-0.39, 0.29) is 17.6 Å². The van der Waals surface area contributed by atoms with E-state index in [9.17, 15) is 0 Å². The number of benzene rings is 1. The van der Waals surface area contributed by atoms with Gasteiger partial charge in [-0.1, -0.05) is 75.4 Å². The maximum absolute atomic E-state index is 6.20. The monoisotopic (exact) mass is 256 g/mol. The van der Waals surface area contributed by atoms with Crippen LogP contribution in [0.15, 0.2) is 48.6 Å². The highest BCUT2D eigenvalue weighted by atomic mass is 16.5. The second-order valence-corrected chi connectivity index (χ2v) is 6.46. The average molecular weight is 256 g/mol. The van der Waals surface area contributed by atoms with Gasteiger partial charge in [0.2, 0.25) is 0 Å². The Morgan fingerprint density at radius 3 is 2.47 bits per heavy atom. The molecule has 1 aromatic carbocycles. The van der Waals surface area contributed by atoms with E-state index >= 15 is 0 Å². The Morgan fingerprint density at radius 1 is 1.16 bits per heavy atom.